The van der Waals surface area contributed by atoms with Crippen molar-refractivity contribution in [1.82, 2.24) is 9.80 Å². The van der Waals surface area contributed by atoms with Gasteiger partial charge in [0, 0.05) is 31.1 Å². The summed E-state index contributed by atoms with van der Waals surface area (Å²) in [6.45, 7) is 3.54. The lowest BCUT2D eigenvalue weighted by molar-refractivity contribution is -0.147. The number of carbonyl (C=O) groups is 2. The number of piperidine rings is 1. The molecule has 2 aliphatic heterocycles. The van der Waals surface area contributed by atoms with E-state index < -0.39 is 11.6 Å². The number of carbonyl (C=O) groups excluding carboxylic acids is 2. The summed E-state index contributed by atoms with van der Waals surface area (Å²) in [7, 11) is 0. The lowest BCUT2D eigenvalue weighted by atomic mass is 9.71. The Hall–Kier alpha value is -1.88. The van der Waals surface area contributed by atoms with Gasteiger partial charge in [-0.2, -0.15) is 0 Å². The second-order valence-electron chi connectivity index (χ2n) is 7.85. The Morgan fingerprint density at radius 2 is 2.08 bits per heavy atom. The molecule has 3 aliphatic rings. The van der Waals surface area contributed by atoms with Crippen LogP contribution in [0.5, 0.6) is 0 Å². The van der Waals surface area contributed by atoms with Gasteiger partial charge in [0.1, 0.15) is 6.04 Å². The molecule has 1 saturated heterocycles. The SMILES string of the molecule is C[C@@H](C(=O)N1CC[C@]2(O)CCCC[C@@H]2C1)N1Cc2ccccc2C1=O. The Morgan fingerprint density at radius 3 is 2.88 bits per heavy atom. The lowest BCUT2D eigenvalue weighted by Gasteiger charge is -2.48. The summed E-state index contributed by atoms with van der Waals surface area (Å²) in [5, 5.41) is 10.8. The highest BCUT2D eigenvalue weighted by Gasteiger charge is 2.45. The van der Waals surface area contributed by atoms with Crippen molar-refractivity contribution in [3.63, 3.8) is 0 Å². The second-order valence-corrected chi connectivity index (χ2v) is 7.85. The van der Waals surface area contributed by atoms with Gasteiger partial charge in [-0.05, 0) is 37.8 Å². The predicted molar refractivity (Wildman–Crippen MR) is 93.9 cm³/mol. The second kappa shape index (κ2) is 6.13. The van der Waals surface area contributed by atoms with E-state index in [-0.39, 0.29) is 17.7 Å². The van der Waals surface area contributed by atoms with Crippen LogP contribution in [-0.4, -0.2) is 51.5 Å². The molecule has 25 heavy (non-hydrogen) atoms. The van der Waals surface area contributed by atoms with Crippen LogP contribution in [0, 0.1) is 5.92 Å². The van der Waals surface area contributed by atoms with E-state index in [2.05, 4.69) is 0 Å². The number of fused-ring (bicyclic) bond motifs is 2. The molecular weight excluding hydrogens is 316 g/mol. The fraction of sp³-hybridized carbons (Fsp3) is 0.600. The minimum absolute atomic E-state index is 0.00813. The number of aliphatic hydroxyl groups is 1. The molecule has 3 atom stereocenters. The quantitative estimate of drug-likeness (QED) is 0.896. The molecular formula is C20H26N2O3. The van der Waals surface area contributed by atoms with E-state index in [1.165, 1.54) is 0 Å². The van der Waals surface area contributed by atoms with Gasteiger partial charge in [0.25, 0.3) is 5.91 Å². The van der Waals surface area contributed by atoms with E-state index in [0.29, 0.717) is 31.6 Å². The van der Waals surface area contributed by atoms with Crippen LogP contribution in [0.1, 0.15) is 54.9 Å². The van der Waals surface area contributed by atoms with Gasteiger partial charge in [-0.25, -0.2) is 0 Å². The smallest absolute Gasteiger partial charge is 0.255 e. The van der Waals surface area contributed by atoms with Crippen molar-refractivity contribution < 1.29 is 14.7 Å². The van der Waals surface area contributed by atoms with Crippen LogP contribution in [0.15, 0.2) is 24.3 Å². The normalized spacial score (nSPS) is 30.0. The van der Waals surface area contributed by atoms with Gasteiger partial charge in [-0.3, -0.25) is 9.59 Å². The third-order valence-electron chi connectivity index (χ3n) is 6.41. The van der Waals surface area contributed by atoms with Crippen LogP contribution in [0.3, 0.4) is 0 Å². The summed E-state index contributed by atoms with van der Waals surface area (Å²) in [4.78, 5) is 29.2. The third kappa shape index (κ3) is 2.74. The van der Waals surface area contributed by atoms with Gasteiger partial charge >= 0.3 is 0 Å². The van der Waals surface area contributed by atoms with E-state index in [1.54, 1.807) is 4.90 Å². The average Bonchev–Trinajstić information content (AvgIpc) is 2.97. The van der Waals surface area contributed by atoms with Crippen molar-refractivity contribution in [2.75, 3.05) is 13.1 Å². The van der Waals surface area contributed by atoms with Crippen LogP contribution in [-0.2, 0) is 11.3 Å². The lowest BCUT2D eigenvalue weighted by Crippen LogP contribution is -2.57. The van der Waals surface area contributed by atoms with Crippen LogP contribution in [0.2, 0.25) is 0 Å². The number of rotatable bonds is 2. The van der Waals surface area contributed by atoms with Gasteiger partial charge in [0.2, 0.25) is 5.91 Å². The minimum atomic E-state index is -0.585. The molecule has 2 amide bonds. The molecule has 1 aliphatic carbocycles. The van der Waals surface area contributed by atoms with Gasteiger partial charge < -0.3 is 14.9 Å². The molecule has 2 fully saturated rings. The topological polar surface area (TPSA) is 60.9 Å². The summed E-state index contributed by atoms with van der Waals surface area (Å²) in [6.07, 6.45) is 4.71. The van der Waals surface area contributed by atoms with Crippen molar-refractivity contribution in [3.8, 4) is 0 Å². The van der Waals surface area contributed by atoms with Crippen molar-refractivity contribution in [3.05, 3.63) is 35.4 Å². The molecule has 0 unspecified atom stereocenters. The summed E-state index contributed by atoms with van der Waals surface area (Å²) >= 11 is 0. The van der Waals surface area contributed by atoms with E-state index >= 15 is 0 Å². The van der Waals surface area contributed by atoms with E-state index in [9.17, 15) is 14.7 Å². The van der Waals surface area contributed by atoms with Crippen molar-refractivity contribution >= 4 is 11.8 Å². The van der Waals surface area contributed by atoms with E-state index in [0.717, 1.165) is 31.2 Å². The first-order valence-electron chi connectivity index (χ1n) is 9.40. The number of benzene rings is 1. The van der Waals surface area contributed by atoms with Gasteiger partial charge in [-0.1, -0.05) is 31.0 Å². The molecule has 0 radical (unpaired) electrons. The summed E-state index contributed by atoms with van der Waals surface area (Å²) in [5.41, 5.74) is 1.12. The third-order valence-corrected chi connectivity index (χ3v) is 6.41. The highest BCUT2D eigenvalue weighted by molar-refractivity contribution is 6.01. The molecule has 134 valence electrons. The summed E-state index contributed by atoms with van der Waals surface area (Å²) in [5.74, 6) is 0.133. The first kappa shape index (κ1) is 16.6. The van der Waals surface area contributed by atoms with Crippen LogP contribution in [0.25, 0.3) is 0 Å². The zero-order valence-corrected chi connectivity index (χ0v) is 14.8. The number of hydrogen-bond donors (Lipinski definition) is 1. The molecule has 0 bridgehead atoms. The molecule has 2 heterocycles. The highest BCUT2D eigenvalue weighted by atomic mass is 16.3. The number of amides is 2. The molecule has 4 rings (SSSR count). The van der Waals surface area contributed by atoms with Crippen molar-refractivity contribution in [2.24, 2.45) is 5.92 Å². The molecule has 1 saturated carbocycles. The maximum atomic E-state index is 13.0. The monoisotopic (exact) mass is 342 g/mol. The molecule has 0 spiro atoms. The first-order chi connectivity index (χ1) is 12.0. The van der Waals surface area contributed by atoms with Gasteiger partial charge in [0.05, 0.1) is 5.60 Å². The Bertz CT molecular complexity index is 704. The average molecular weight is 342 g/mol. The molecule has 5 heteroatoms. The maximum absolute atomic E-state index is 13.0. The summed E-state index contributed by atoms with van der Waals surface area (Å²) in [6, 6.07) is 7.11. The Labute approximate surface area is 148 Å². The number of likely N-dealkylation sites (tertiary alicyclic amines) is 1. The van der Waals surface area contributed by atoms with Crippen LogP contribution in [0.4, 0.5) is 0 Å². The van der Waals surface area contributed by atoms with Crippen molar-refractivity contribution in [2.45, 2.75) is 57.2 Å². The van der Waals surface area contributed by atoms with E-state index in [1.807, 2.05) is 36.1 Å². The van der Waals surface area contributed by atoms with Crippen molar-refractivity contribution in [1.29, 1.82) is 0 Å². The highest BCUT2D eigenvalue weighted by Crippen LogP contribution is 2.40. The molecule has 1 aromatic carbocycles. The van der Waals surface area contributed by atoms with Crippen LogP contribution >= 0.6 is 0 Å². The molecule has 0 aromatic heterocycles. The fourth-order valence-electron chi connectivity index (χ4n) is 4.76. The molecule has 5 nitrogen and oxygen atoms in total. The standard InChI is InChI=1S/C20H26N2O3/c1-14(22-12-15-6-2-3-8-17(15)19(22)24)18(23)21-11-10-20(25)9-5-4-7-16(20)13-21/h2-3,6,8,14,16,25H,4-5,7,9-13H2,1H3/t14-,16+,20+/m0/s1. The molecule has 1 N–H and O–H groups in total. The number of hydrogen-bond acceptors (Lipinski definition) is 3. The zero-order chi connectivity index (χ0) is 17.6. The Morgan fingerprint density at radius 1 is 1.28 bits per heavy atom. The predicted octanol–water partition coefficient (Wildman–Crippen LogP) is 2.18. The number of nitrogens with zero attached hydrogens (tertiary/aromatic N) is 2. The fourth-order valence-corrected chi connectivity index (χ4v) is 4.76. The summed E-state index contributed by atoms with van der Waals surface area (Å²) < 4.78 is 0. The zero-order valence-electron chi connectivity index (χ0n) is 14.8. The van der Waals surface area contributed by atoms with E-state index in [4.69, 9.17) is 0 Å². The first-order valence-corrected chi connectivity index (χ1v) is 9.40. The van der Waals surface area contributed by atoms with Gasteiger partial charge in [0.15, 0.2) is 0 Å². The minimum Gasteiger partial charge on any atom is -0.389 e. The van der Waals surface area contributed by atoms with Gasteiger partial charge in [-0.15, -0.1) is 0 Å². The maximum Gasteiger partial charge on any atom is 0.255 e. The Balaban J connectivity index is 1.46. The molecule has 1 aromatic rings. The van der Waals surface area contributed by atoms with Crippen LogP contribution < -0.4 is 0 Å². The largest absolute Gasteiger partial charge is 0.389 e. The Kier molecular flexibility index (Phi) is 4.07.